The lowest BCUT2D eigenvalue weighted by molar-refractivity contribution is 0.0703. The molecule has 1 amide bonds. The number of halogens is 2. The molecule has 4 aromatic rings. The number of carbonyl (C=O) groups excluding carboxylic acids is 1. The maximum atomic E-state index is 13.5. The summed E-state index contributed by atoms with van der Waals surface area (Å²) in [6.45, 7) is 0.894. The summed E-state index contributed by atoms with van der Waals surface area (Å²) in [5.74, 6) is -0.652. The lowest BCUT2D eigenvalue weighted by Gasteiger charge is -2.33. The Morgan fingerprint density at radius 3 is 2.41 bits per heavy atom. The maximum Gasteiger partial charge on any atom is 0.265 e. The minimum atomic E-state index is -3.67. The number of sulfonamides is 1. The van der Waals surface area contributed by atoms with Crippen molar-refractivity contribution in [1.29, 1.82) is 0 Å². The molecule has 1 fully saturated rings. The minimum absolute atomic E-state index is 0.193. The highest BCUT2D eigenvalue weighted by atomic mass is 35.5. The smallest absolute Gasteiger partial charge is 0.265 e. The molecule has 9 heteroatoms. The van der Waals surface area contributed by atoms with Crippen molar-refractivity contribution < 1.29 is 17.6 Å². The van der Waals surface area contributed by atoms with Gasteiger partial charge in [0, 0.05) is 36.3 Å². The van der Waals surface area contributed by atoms with E-state index in [2.05, 4.69) is 0 Å². The molecule has 1 saturated heterocycles. The van der Waals surface area contributed by atoms with Crippen molar-refractivity contribution in [2.75, 3.05) is 26.2 Å². The van der Waals surface area contributed by atoms with Crippen LogP contribution in [-0.2, 0) is 10.0 Å². The molecule has 0 aliphatic carbocycles. The second kappa shape index (κ2) is 8.12. The second-order valence-electron chi connectivity index (χ2n) is 7.59. The number of hydrogen-bond donors (Lipinski definition) is 0. The van der Waals surface area contributed by atoms with Gasteiger partial charge in [-0.2, -0.15) is 4.31 Å². The third-order valence-corrected chi connectivity index (χ3v) is 9.21. The standard InChI is InChI=1S/C23H18ClFN2O3S2/c24-21-19-8-6-17(25)14-20(19)31-22(21)23(28)26-9-11-27(12-10-26)32(29,30)18-7-5-15-3-1-2-4-16(15)13-18/h1-8,13-14H,9-12H2. The molecule has 0 spiro atoms. The lowest BCUT2D eigenvalue weighted by atomic mass is 10.1. The van der Waals surface area contributed by atoms with Gasteiger partial charge in [0.25, 0.3) is 5.91 Å². The molecule has 0 atom stereocenters. The molecular formula is C23H18ClFN2O3S2. The zero-order valence-corrected chi connectivity index (χ0v) is 19.2. The van der Waals surface area contributed by atoms with Gasteiger partial charge in [-0.05, 0) is 41.1 Å². The molecule has 0 N–H and O–H groups in total. The zero-order chi connectivity index (χ0) is 22.5. The molecular weight excluding hydrogens is 471 g/mol. The van der Waals surface area contributed by atoms with Gasteiger partial charge in [0.05, 0.1) is 9.92 Å². The number of carbonyl (C=O) groups is 1. The molecule has 2 heterocycles. The SMILES string of the molecule is O=C(c1sc2cc(F)ccc2c1Cl)N1CCN(S(=O)(=O)c2ccc3ccccc3c2)CC1. The van der Waals surface area contributed by atoms with Crippen LogP contribution in [0, 0.1) is 5.82 Å². The third-order valence-electron chi connectivity index (χ3n) is 5.67. The Bertz CT molecular complexity index is 1460. The summed E-state index contributed by atoms with van der Waals surface area (Å²) in [6, 6.07) is 16.9. The van der Waals surface area contributed by atoms with Crippen LogP contribution in [0.2, 0.25) is 5.02 Å². The fraction of sp³-hybridized carbons (Fsp3) is 0.174. The van der Waals surface area contributed by atoms with Crippen molar-refractivity contribution in [2.45, 2.75) is 4.90 Å². The van der Waals surface area contributed by atoms with E-state index in [4.69, 9.17) is 11.6 Å². The van der Waals surface area contributed by atoms with Crippen LogP contribution < -0.4 is 0 Å². The molecule has 164 valence electrons. The van der Waals surface area contributed by atoms with E-state index in [1.54, 1.807) is 29.2 Å². The van der Waals surface area contributed by atoms with Crippen LogP contribution in [0.5, 0.6) is 0 Å². The Morgan fingerprint density at radius 2 is 1.66 bits per heavy atom. The summed E-state index contributed by atoms with van der Waals surface area (Å²) < 4.78 is 41.8. The van der Waals surface area contributed by atoms with Crippen molar-refractivity contribution in [2.24, 2.45) is 0 Å². The van der Waals surface area contributed by atoms with Gasteiger partial charge in [-0.15, -0.1) is 11.3 Å². The lowest BCUT2D eigenvalue weighted by Crippen LogP contribution is -2.50. The van der Waals surface area contributed by atoms with Gasteiger partial charge >= 0.3 is 0 Å². The van der Waals surface area contributed by atoms with Crippen LogP contribution in [0.4, 0.5) is 4.39 Å². The Kier molecular flexibility index (Phi) is 5.41. The van der Waals surface area contributed by atoms with Gasteiger partial charge in [0.15, 0.2) is 0 Å². The fourth-order valence-electron chi connectivity index (χ4n) is 3.93. The van der Waals surface area contributed by atoms with Gasteiger partial charge in [-0.3, -0.25) is 4.79 Å². The first-order valence-corrected chi connectivity index (χ1v) is 12.6. The van der Waals surface area contributed by atoms with Gasteiger partial charge in [0.2, 0.25) is 10.0 Å². The van der Waals surface area contributed by atoms with Crippen LogP contribution in [0.15, 0.2) is 65.6 Å². The maximum absolute atomic E-state index is 13.5. The summed E-state index contributed by atoms with van der Waals surface area (Å²) in [5.41, 5.74) is 0. The summed E-state index contributed by atoms with van der Waals surface area (Å²) in [7, 11) is -3.67. The fourth-order valence-corrected chi connectivity index (χ4v) is 6.89. The summed E-state index contributed by atoms with van der Waals surface area (Å²) in [6.07, 6.45) is 0. The van der Waals surface area contributed by atoms with Crippen molar-refractivity contribution in [3.8, 4) is 0 Å². The molecule has 0 radical (unpaired) electrons. The van der Waals surface area contributed by atoms with Crippen LogP contribution in [0.3, 0.4) is 0 Å². The number of rotatable bonds is 3. The quantitative estimate of drug-likeness (QED) is 0.408. The Hall–Kier alpha value is -2.52. The first-order valence-electron chi connectivity index (χ1n) is 10.0. The van der Waals surface area contributed by atoms with E-state index < -0.39 is 10.0 Å². The van der Waals surface area contributed by atoms with Crippen LogP contribution in [0.1, 0.15) is 9.67 Å². The summed E-state index contributed by atoms with van der Waals surface area (Å²) in [5, 5.41) is 2.78. The van der Waals surface area contributed by atoms with Gasteiger partial charge in [-0.25, -0.2) is 12.8 Å². The highest BCUT2D eigenvalue weighted by Crippen LogP contribution is 2.36. The number of hydrogen-bond acceptors (Lipinski definition) is 4. The van der Waals surface area contributed by atoms with E-state index in [-0.39, 0.29) is 42.8 Å². The minimum Gasteiger partial charge on any atom is -0.335 e. The highest BCUT2D eigenvalue weighted by molar-refractivity contribution is 7.89. The molecule has 0 bridgehead atoms. The van der Waals surface area contributed by atoms with Crippen molar-refractivity contribution in [3.63, 3.8) is 0 Å². The Morgan fingerprint density at radius 1 is 0.938 bits per heavy atom. The summed E-state index contributed by atoms with van der Waals surface area (Å²) in [4.78, 5) is 15.2. The topological polar surface area (TPSA) is 57.7 Å². The molecule has 3 aromatic carbocycles. The molecule has 0 saturated carbocycles. The predicted molar refractivity (Wildman–Crippen MR) is 125 cm³/mol. The van der Waals surface area contributed by atoms with E-state index in [0.717, 1.165) is 22.1 Å². The number of amides is 1. The largest absolute Gasteiger partial charge is 0.335 e. The zero-order valence-electron chi connectivity index (χ0n) is 16.8. The van der Waals surface area contributed by atoms with Gasteiger partial charge < -0.3 is 4.90 Å². The van der Waals surface area contributed by atoms with Crippen molar-refractivity contribution in [1.82, 2.24) is 9.21 Å². The van der Waals surface area contributed by atoms with Crippen LogP contribution in [-0.4, -0.2) is 49.7 Å². The first kappa shape index (κ1) is 21.3. The normalized spacial score (nSPS) is 15.5. The van der Waals surface area contributed by atoms with E-state index in [9.17, 15) is 17.6 Å². The molecule has 1 aliphatic heterocycles. The first-order chi connectivity index (χ1) is 15.3. The number of nitrogens with zero attached hydrogens (tertiary/aromatic N) is 2. The second-order valence-corrected chi connectivity index (χ2v) is 11.0. The van der Waals surface area contributed by atoms with Gasteiger partial charge in [-0.1, -0.05) is 41.9 Å². The van der Waals surface area contributed by atoms with Gasteiger partial charge in [0.1, 0.15) is 10.7 Å². The van der Waals surface area contributed by atoms with Crippen LogP contribution >= 0.6 is 22.9 Å². The molecule has 0 unspecified atom stereocenters. The van der Waals surface area contributed by atoms with E-state index in [1.807, 2.05) is 24.3 Å². The van der Waals surface area contributed by atoms with Crippen molar-refractivity contribution in [3.05, 3.63) is 76.4 Å². The Labute approximate surface area is 193 Å². The van der Waals surface area contributed by atoms with E-state index in [0.29, 0.717) is 20.0 Å². The van der Waals surface area contributed by atoms with Crippen LogP contribution in [0.25, 0.3) is 20.9 Å². The predicted octanol–water partition coefficient (Wildman–Crippen LogP) is 4.99. The third kappa shape index (κ3) is 3.67. The monoisotopic (exact) mass is 488 g/mol. The Balaban J connectivity index is 1.34. The number of benzene rings is 3. The molecule has 1 aliphatic rings. The average Bonchev–Trinajstić information content (AvgIpc) is 3.13. The summed E-state index contributed by atoms with van der Waals surface area (Å²) >= 11 is 7.54. The number of fused-ring (bicyclic) bond motifs is 2. The molecule has 32 heavy (non-hydrogen) atoms. The number of piperazine rings is 1. The van der Waals surface area contributed by atoms with Crippen molar-refractivity contribution >= 4 is 59.7 Å². The van der Waals surface area contributed by atoms with E-state index >= 15 is 0 Å². The molecule has 5 rings (SSSR count). The van der Waals surface area contributed by atoms with E-state index in [1.165, 1.54) is 16.4 Å². The number of thiophene rings is 1. The molecule has 5 nitrogen and oxygen atoms in total. The molecule has 1 aromatic heterocycles. The average molecular weight is 489 g/mol. The highest BCUT2D eigenvalue weighted by Gasteiger charge is 2.32.